The van der Waals surface area contributed by atoms with E-state index < -0.39 is 18.4 Å². The Hall–Kier alpha value is -3.04. The quantitative estimate of drug-likeness (QED) is 0.861. The topological polar surface area (TPSA) is 77.7 Å². The third-order valence-corrected chi connectivity index (χ3v) is 3.90. The van der Waals surface area contributed by atoms with Crippen molar-refractivity contribution in [1.82, 2.24) is 9.78 Å². The third kappa shape index (κ3) is 4.57. The van der Waals surface area contributed by atoms with Crippen LogP contribution in [0, 0.1) is 6.92 Å². The number of nitrogens with one attached hydrogen (secondary N) is 1. The van der Waals surface area contributed by atoms with Gasteiger partial charge in [-0.1, -0.05) is 5.16 Å². The van der Waals surface area contributed by atoms with Crippen molar-refractivity contribution < 1.29 is 27.5 Å². The molecule has 10 heteroatoms. The zero-order chi connectivity index (χ0) is 19.6. The van der Waals surface area contributed by atoms with Crippen LogP contribution >= 0.6 is 0 Å². The summed E-state index contributed by atoms with van der Waals surface area (Å²) in [7, 11) is 0. The standard InChI is InChI=1S/C17H17F3N4O3/c1-3-24-9-13(10(2)22-24)14-8-15(27-23-14)16(25)21-11-4-6-12(7-5-11)26-17(18,19)20/h4-7,9,15H,3,8H2,1-2H3,(H,21,25)/t15-/m1/s1. The van der Waals surface area contributed by atoms with Crippen molar-refractivity contribution in [2.45, 2.75) is 39.3 Å². The summed E-state index contributed by atoms with van der Waals surface area (Å²) in [6, 6.07) is 4.85. The molecule has 0 fully saturated rings. The molecule has 0 radical (unpaired) electrons. The van der Waals surface area contributed by atoms with E-state index >= 15 is 0 Å². The predicted octanol–water partition coefficient (Wildman–Crippen LogP) is 3.24. The van der Waals surface area contributed by atoms with Crippen LogP contribution in [0.4, 0.5) is 18.9 Å². The van der Waals surface area contributed by atoms with Crippen LogP contribution in [0.25, 0.3) is 0 Å². The molecule has 0 unspecified atom stereocenters. The number of oxime groups is 1. The van der Waals surface area contributed by atoms with Gasteiger partial charge in [0, 0.05) is 30.4 Å². The lowest BCUT2D eigenvalue weighted by molar-refractivity contribution is -0.274. The molecule has 1 aliphatic rings. The molecule has 3 rings (SSSR count). The van der Waals surface area contributed by atoms with Gasteiger partial charge in [0.15, 0.2) is 0 Å². The zero-order valence-corrected chi connectivity index (χ0v) is 14.6. The molecule has 0 aliphatic carbocycles. The molecule has 1 atom stereocenters. The molecular formula is C17H17F3N4O3. The highest BCUT2D eigenvalue weighted by Crippen LogP contribution is 2.25. The molecule has 0 bridgehead atoms. The first-order valence-corrected chi connectivity index (χ1v) is 8.19. The number of rotatable bonds is 5. The first-order valence-electron chi connectivity index (χ1n) is 8.19. The van der Waals surface area contributed by atoms with Gasteiger partial charge in [-0.25, -0.2) is 0 Å². The van der Waals surface area contributed by atoms with Gasteiger partial charge in [0.1, 0.15) is 5.75 Å². The van der Waals surface area contributed by atoms with Crippen molar-refractivity contribution >= 4 is 17.3 Å². The van der Waals surface area contributed by atoms with Crippen LogP contribution < -0.4 is 10.1 Å². The number of hydrogen-bond acceptors (Lipinski definition) is 5. The molecule has 7 nitrogen and oxygen atoms in total. The molecule has 1 aliphatic heterocycles. The number of aryl methyl sites for hydroxylation is 2. The Morgan fingerprint density at radius 3 is 2.67 bits per heavy atom. The maximum Gasteiger partial charge on any atom is 0.573 e. The minimum Gasteiger partial charge on any atom is -0.406 e. The highest BCUT2D eigenvalue weighted by atomic mass is 19.4. The van der Waals surface area contributed by atoms with Crippen LogP contribution in [-0.4, -0.2) is 33.9 Å². The molecule has 2 aromatic rings. The summed E-state index contributed by atoms with van der Waals surface area (Å²) in [5, 5.41) is 10.9. The van der Waals surface area contributed by atoms with Gasteiger partial charge in [0.25, 0.3) is 5.91 Å². The second-order valence-corrected chi connectivity index (χ2v) is 5.88. The third-order valence-electron chi connectivity index (χ3n) is 3.90. The maximum atomic E-state index is 12.3. The molecule has 1 aromatic carbocycles. The van der Waals surface area contributed by atoms with Gasteiger partial charge in [-0.05, 0) is 38.1 Å². The van der Waals surface area contributed by atoms with E-state index in [4.69, 9.17) is 4.84 Å². The lowest BCUT2D eigenvalue weighted by Gasteiger charge is -2.11. The SMILES string of the molecule is CCn1cc(C2=NO[C@@H](C(=O)Nc3ccc(OC(F)(F)F)cc3)C2)c(C)n1. The van der Waals surface area contributed by atoms with Crippen molar-refractivity contribution in [3.05, 3.63) is 41.7 Å². The Bertz CT molecular complexity index is 859. The van der Waals surface area contributed by atoms with Gasteiger partial charge in [-0.3, -0.25) is 9.48 Å². The molecule has 0 saturated heterocycles. The number of amides is 1. The summed E-state index contributed by atoms with van der Waals surface area (Å²) < 4.78 is 42.0. The number of aromatic nitrogens is 2. The van der Waals surface area contributed by atoms with Crippen LogP contribution in [0.5, 0.6) is 5.75 Å². The largest absolute Gasteiger partial charge is 0.573 e. The minimum absolute atomic E-state index is 0.275. The Morgan fingerprint density at radius 2 is 2.07 bits per heavy atom. The number of hydrogen-bond donors (Lipinski definition) is 1. The molecule has 0 saturated carbocycles. The molecule has 2 heterocycles. The van der Waals surface area contributed by atoms with Crippen LogP contribution in [-0.2, 0) is 16.2 Å². The van der Waals surface area contributed by atoms with E-state index in [0.29, 0.717) is 17.9 Å². The van der Waals surface area contributed by atoms with E-state index in [1.807, 2.05) is 20.0 Å². The average molecular weight is 382 g/mol. The Labute approximate surface area is 152 Å². The maximum absolute atomic E-state index is 12.3. The number of ether oxygens (including phenoxy) is 1. The average Bonchev–Trinajstić information content (AvgIpc) is 3.21. The van der Waals surface area contributed by atoms with Gasteiger partial charge in [0.2, 0.25) is 6.10 Å². The van der Waals surface area contributed by atoms with Crippen LogP contribution in [0.2, 0.25) is 0 Å². The smallest absolute Gasteiger partial charge is 0.406 e. The van der Waals surface area contributed by atoms with Crippen molar-refractivity contribution in [2.24, 2.45) is 5.16 Å². The van der Waals surface area contributed by atoms with Crippen molar-refractivity contribution in [3.63, 3.8) is 0 Å². The molecule has 1 N–H and O–H groups in total. The number of alkyl halides is 3. The second kappa shape index (κ2) is 7.29. The summed E-state index contributed by atoms with van der Waals surface area (Å²) in [5.74, 6) is -0.814. The first-order chi connectivity index (χ1) is 12.7. The number of halogens is 3. The summed E-state index contributed by atoms with van der Waals surface area (Å²) in [6.45, 7) is 4.53. The first kappa shape index (κ1) is 18.7. The zero-order valence-electron chi connectivity index (χ0n) is 14.6. The van der Waals surface area contributed by atoms with Gasteiger partial charge < -0.3 is 14.9 Å². The number of carbonyl (C=O) groups is 1. The lowest BCUT2D eigenvalue weighted by Crippen LogP contribution is -2.28. The fourth-order valence-electron chi connectivity index (χ4n) is 2.60. The fourth-order valence-corrected chi connectivity index (χ4v) is 2.60. The van der Waals surface area contributed by atoms with Crippen molar-refractivity contribution in [2.75, 3.05) is 5.32 Å². The van der Waals surface area contributed by atoms with E-state index in [0.717, 1.165) is 23.4 Å². The van der Waals surface area contributed by atoms with Gasteiger partial charge >= 0.3 is 6.36 Å². The fraction of sp³-hybridized carbons (Fsp3) is 0.353. The highest BCUT2D eigenvalue weighted by Gasteiger charge is 2.32. The summed E-state index contributed by atoms with van der Waals surface area (Å²) in [5.41, 5.74) is 2.56. The van der Waals surface area contributed by atoms with E-state index in [1.165, 1.54) is 12.1 Å². The molecule has 1 aromatic heterocycles. The van der Waals surface area contributed by atoms with Gasteiger partial charge in [-0.2, -0.15) is 5.10 Å². The minimum atomic E-state index is -4.76. The number of anilines is 1. The van der Waals surface area contributed by atoms with E-state index in [9.17, 15) is 18.0 Å². The van der Waals surface area contributed by atoms with E-state index in [1.54, 1.807) is 4.68 Å². The molecule has 144 valence electrons. The normalized spacial score (nSPS) is 16.6. The Balaban J connectivity index is 1.59. The predicted molar refractivity (Wildman–Crippen MR) is 90.4 cm³/mol. The number of benzene rings is 1. The summed E-state index contributed by atoms with van der Waals surface area (Å²) >= 11 is 0. The highest BCUT2D eigenvalue weighted by molar-refractivity contribution is 6.06. The van der Waals surface area contributed by atoms with Crippen LogP contribution in [0.3, 0.4) is 0 Å². The Kier molecular flexibility index (Phi) is 5.06. The summed E-state index contributed by atoms with van der Waals surface area (Å²) in [6.07, 6.45) is -3.47. The second-order valence-electron chi connectivity index (χ2n) is 5.88. The van der Waals surface area contributed by atoms with Crippen LogP contribution in [0.15, 0.2) is 35.6 Å². The van der Waals surface area contributed by atoms with E-state index in [-0.39, 0.29) is 12.2 Å². The van der Waals surface area contributed by atoms with Crippen molar-refractivity contribution in [1.29, 1.82) is 0 Å². The molecular weight excluding hydrogens is 365 g/mol. The van der Waals surface area contributed by atoms with Gasteiger partial charge in [-0.15, -0.1) is 13.2 Å². The number of nitrogens with zero attached hydrogens (tertiary/aromatic N) is 3. The molecule has 0 spiro atoms. The van der Waals surface area contributed by atoms with Gasteiger partial charge in [0.05, 0.1) is 11.4 Å². The van der Waals surface area contributed by atoms with Crippen molar-refractivity contribution in [3.8, 4) is 5.75 Å². The number of carbonyl (C=O) groups excluding carboxylic acids is 1. The Morgan fingerprint density at radius 1 is 1.37 bits per heavy atom. The monoisotopic (exact) mass is 382 g/mol. The lowest BCUT2D eigenvalue weighted by atomic mass is 10.1. The van der Waals surface area contributed by atoms with E-state index in [2.05, 4.69) is 20.3 Å². The molecule has 27 heavy (non-hydrogen) atoms. The van der Waals surface area contributed by atoms with Crippen LogP contribution in [0.1, 0.15) is 24.6 Å². The summed E-state index contributed by atoms with van der Waals surface area (Å²) in [4.78, 5) is 17.5. The molecule has 1 amide bonds.